The Kier molecular flexibility index (Phi) is 3.88. The number of benzene rings is 1. The number of nitrogens with zero attached hydrogens (tertiary/aromatic N) is 2. The minimum Gasteiger partial charge on any atom is -0.453 e. The van der Waals surface area contributed by atoms with Crippen LogP contribution in [0.5, 0.6) is 0 Å². The van der Waals surface area contributed by atoms with Crippen molar-refractivity contribution in [3.8, 4) is 0 Å². The largest absolute Gasteiger partial charge is 0.453 e. The van der Waals surface area contributed by atoms with Crippen LogP contribution < -0.4 is 0 Å². The molecule has 0 N–H and O–H groups in total. The maximum atomic E-state index is 11.9. The number of carbonyl (C=O) groups excluding carboxylic acids is 4. The molecule has 0 atom stereocenters. The van der Waals surface area contributed by atoms with Gasteiger partial charge in [-0.3, -0.25) is 9.59 Å². The standard InChI is InChI=1S/C13H12N2O6/c1-14(13(19)20-2)7-10(16)21-15-11(17)8-5-3-4-6-9(8)12(15)18/h3-6H,7H2,1-2H3. The first kappa shape index (κ1) is 14.5. The maximum absolute atomic E-state index is 11.9. The Hall–Kier alpha value is -2.90. The molecule has 0 bridgehead atoms. The Bertz CT molecular complexity index is 592. The third-order valence-electron chi connectivity index (χ3n) is 2.80. The molecule has 1 heterocycles. The molecule has 0 saturated carbocycles. The molecule has 8 heteroatoms. The van der Waals surface area contributed by atoms with Gasteiger partial charge in [-0.15, -0.1) is 0 Å². The molecular weight excluding hydrogens is 280 g/mol. The lowest BCUT2D eigenvalue weighted by Crippen LogP contribution is -2.38. The topological polar surface area (TPSA) is 93.2 Å². The lowest BCUT2D eigenvalue weighted by Gasteiger charge is -2.17. The minimum absolute atomic E-state index is 0.164. The predicted octanol–water partition coefficient (Wildman–Crippen LogP) is 0.439. The number of carbonyl (C=O) groups is 4. The van der Waals surface area contributed by atoms with Gasteiger partial charge in [0.15, 0.2) is 0 Å². The first-order valence-electron chi connectivity index (χ1n) is 5.93. The molecule has 8 nitrogen and oxygen atoms in total. The van der Waals surface area contributed by atoms with E-state index in [-0.39, 0.29) is 11.1 Å². The molecule has 3 amide bonds. The summed E-state index contributed by atoms with van der Waals surface area (Å²) in [7, 11) is 2.48. The fourth-order valence-corrected chi connectivity index (χ4v) is 1.79. The number of hydrogen-bond acceptors (Lipinski definition) is 6. The minimum atomic E-state index is -0.933. The molecule has 0 unspecified atom stereocenters. The third kappa shape index (κ3) is 2.69. The Morgan fingerprint density at radius 2 is 1.67 bits per heavy atom. The van der Waals surface area contributed by atoms with E-state index >= 15 is 0 Å². The van der Waals surface area contributed by atoms with E-state index in [1.165, 1.54) is 19.2 Å². The van der Waals surface area contributed by atoms with Crippen molar-refractivity contribution in [2.75, 3.05) is 20.7 Å². The lowest BCUT2D eigenvalue weighted by atomic mass is 10.1. The van der Waals surface area contributed by atoms with Crippen LogP contribution in [0.3, 0.4) is 0 Å². The zero-order chi connectivity index (χ0) is 15.6. The van der Waals surface area contributed by atoms with E-state index in [1.54, 1.807) is 12.1 Å². The van der Waals surface area contributed by atoms with Gasteiger partial charge in [0.05, 0.1) is 18.2 Å². The number of fused-ring (bicyclic) bond motifs is 1. The quantitative estimate of drug-likeness (QED) is 0.750. The molecule has 1 aliphatic rings. The number of hydroxylamine groups is 2. The van der Waals surface area contributed by atoms with Crippen molar-refractivity contribution in [2.24, 2.45) is 0 Å². The van der Waals surface area contributed by atoms with Crippen LogP contribution in [0.2, 0.25) is 0 Å². The number of likely N-dealkylation sites (N-methyl/N-ethyl adjacent to an activating group) is 1. The summed E-state index contributed by atoms with van der Waals surface area (Å²) in [5.41, 5.74) is 0.327. The normalized spacial score (nSPS) is 13.0. The van der Waals surface area contributed by atoms with Gasteiger partial charge >= 0.3 is 12.1 Å². The average Bonchev–Trinajstić information content (AvgIpc) is 2.72. The highest BCUT2D eigenvalue weighted by molar-refractivity contribution is 6.20. The van der Waals surface area contributed by atoms with E-state index < -0.39 is 30.4 Å². The van der Waals surface area contributed by atoms with Gasteiger partial charge in [0, 0.05) is 7.05 Å². The highest BCUT2D eigenvalue weighted by Crippen LogP contribution is 2.22. The molecule has 0 fully saturated rings. The Labute approximate surface area is 119 Å². The highest BCUT2D eigenvalue weighted by atomic mass is 16.7. The summed E-state index contributed by atoms with van der Waals surface area (Å²) in [6, 6.07) is 6.12. The van der Waals surface area contributed by atoms with Crippen molar-refractivity contribution in [3.05, 3.63) is 35.4 Å². The van der Waals surface area contributed by atoms with Crippen molar-refractivity contribution in [1.29, 1.82) is 0 Å². The fraction of sp³-hybridized carbons (Fsp3) is 0.231. The van der Waals surface area contributed by atoms with Crippen LogP contribution in [0.4, 0.5) is 4.79 Å². The number of rotatable bonds is 3. The summed E-state index contributed by atoms with van der Waals surface area (Å²) in [6.07, 6.45) is -0.741. The Morgan fingerprint density at radius 1 is 1.14 bits per heavy atom. The smallest absolute Gasteiger partial charge is 0.409 e. The van der Waals surface area contributed by atoms with Gasteiger partial charge in [0.1, 0.15) is 6.54 Å². The molecule has 0 radical (unpaired) electrons. The number of ether oxygens (including phenoxy) is 1. The molecule has 1 aromatic rings. The van der Waals surface area contributed by atoms with Crippen molar-refractivity contribution in [1.82, 2.24) is 9.96 Å². The van der Waals surface area contributed by atoms with Crippen molar-refractivity contribution >= 4 is 23.9 Å². The zero-order valence-corrected chi connectivity index (χ0v) is 11.4. The van der Waals surface area contributed by atoms with Crippen molar-refractivity contribution in [3.63, 3.8) is 0 Å². The predicted molar refractivity (Wildman–Crippen MR) is 68.1 cm³/mol. The molecule has 0 aromatic heterocycles. The van der Waals surface area contributed by atoms with Crippen LogP contribution in [0.1, 0.15) is 20.7 Å². The zero-order valence-electron chi connectivity index (χ0n) is 11.4. The van der Waals surface area contributed by atoms with E-state index in [2.05, 4.69) is 4.74 Å². The van der Waals surface area contributed by atoms with Gasteiger partial charge in [0.2, 0.25) is 0 Å². The van der Waals surface area contributed by atoms with Gasteiger partial charge < -0.3 is 14.5 Å². The first-order chi connectivity index (χ1) is 9.95. The molecule has 2 rings (SSSR count). The molecule has 110 valence electrons. The van der Waals surface area contributed by atoms with E-state index in [4.69, 9.17) is 4.84 Å². The van der Waals surface area contributed by atoms with E-state index in [0.717, 1.165) is 12.0 Å². The average molecular weight is 292 g/mol. The van der Waals surface area contributed by atoms with Crippen LogP contribution >= 0.6 is 0 Å². The second kappa shape index (κ2) is 5.61. The molecule has 0 aliphatic carbocycles. The van der Waals surface area contributed by atoms with E-state index in [1.807, 2.05) is 0 Å². The summed E-state index contributed by atoms with van der Waals surface area (Å²) in [6.45, 7) is -0.458. The van der Waals surface area contributed by atoms with Crippen LogP contribution in [0.25, 0.3) is 0 Å². The van der Waals surface area contributed by atoms with Gasteiger partial charge in [-0.1, -0.05) is 17.2 Å². The van der Waals surface area contributed by atoms with Gasteiger partial charge in [-0.25, -0.2) is 9.59 Å². The van der Waals surface area contributed by atoms with Gasteiger partial charge in [-0.05, 0) is 12.1 Å². The van der Waals surface area contributed by atoms with Crippen LogP contribution in [-0.4, -0.2) is 54.5 Å². The maximum Gasteiger partial charge on any atom is 0.409 e. The fourth-order valence-electron chi connectivity index (χ4n) is 1.79. The lowest BCUT2D eigenvalue weighted by molar-refractivity contribution is -0.169. The monoisotopic (exact) mass is 292 g/mol. The Balaban J connectivity index is 2.05. The van der Waals surface area contributed by atoms with Gasteiger partial charge in [-0.2, -0.15) is 0 Å². The van der Waals surface area contributed by atoms with E-state index in [0.29, 0.717) is 5.06 Å². The number of imide groups is 1. The first-order valence-corrected chi connectivity index (χ1v) is 5.93. The van der Waals surface area contributed by atoms with Gasteiger partial charge in [0.25, 0.3) is 11.8 Å². The summed E-state index contributed by atoms with van der Waals surface area (Å²) in [5, 5.41) is 0.387. The third-order valence-corrected chi connectivity index (χ3v) is 2.80. The second-order valence-corrected chi connectivity index (χ2v) is 4.24. The van der Waals surface area contributed by atoms with Crippen LogP contribution in [-0.2, 0) is 14.4 Å². The Morgan fingerprint density at radius 3 is 2.14 bits per heavy atom. The van der Waals surface area contributed by atoms with Crippen molar-refractivity contribution < 1.29 is 28.8 Å². The molecule has 21 heavy (non-hydrogen) atoms. The van der Waals surface area contributed by atoms with Crippen molar-refractivity contribution in [2.45, 2.75) is 0 Å². The number of methoxy groups -OCH3 is 1. The summed E-state index contributed by atoms with van der Waals surface area (Å²) < 4.78 is 4.41. The summed E-state index contributed by atoms with van der Waals surface area (Å²) >= 11 is 0. The molecule has 1 aliphatic heterocycles. The highest BCUT2D eigenvalue weighted by Gasteiger charge is 2.38. The second-order valence-electron chi connectivity index (χ2n) is 4.24. The molecular formula is C13H12N2O6. The number of hydrogen-bond donors (Lipinski definition) is 0. The van der Waals surface area contributed by atoms with Crippen LogP contribution in [0.15, 0.2) is 24.3 Å². The van der Waals surface area contributed by atoms with Crippen LogP contribution in [0, 0.1) is 0 Å². The number of amides is 3. The van der Waals surface area contributed by atoms with E-state index in [9.17, 15) is 19.2 Å². The SMILES string of the molecule is COC(=O)N(C)CC(=O)ON1C(=O)c2ccccc2C1=O. The molecule has 1 aromatic carbocycles. The summed E-state index contributed by atoms with van der Waals surface area (Å²) in [4.78, 5) is 52.4. The molecule has 0 saturated heterocycles. The summed E-state index contributed by atoms with van der Waals surface area (Å²) in [5.74, 6) is -2.37. The molecule has 0 spiro atoms.